The summed E-state index contributed by atoms with van der Waals surface area (Å²) in [5.74, 6) is 1.98. The first-order chi connectivity index (χ1) is 19.5. The predicted octanol–water partition coefficient (Wildman–Crippen LogP) is 4.04. The number of fused-ring (bicyclic) bond motifs is 3. The van der Waals surface area contributed by atoms with Gasteiger partial charge in [-0.3, -0.25) is 18.6 Å². The highest BCUT2D eigenvalue weighted by Crippen LogP contribution is 2.22. The lowest BCUT2D eigenvalue weighted by Crippen LogP contribution is -2.48. The first kappa shape index (κ1) is 25.9. The monoisotopic (exact) mass is 556 g/mol. The molecule has 204 valence electrons. The van der Waals surface area contributed by atoms with E-state index in [1.807, 2.05) is 70.0 Å². The number of nitrogens with zero attached hydrogens (tertiary/aromatic N) is 6. The van der Waals surface area contributed by atoms with Crippen molar-refractivity contribution in [2.75, 3.05) is 38.2 Å². The third-order valence-corrected chi connectivity index (χ3v) is 7.86. The van der Waals surface area contributed by atoms with E-state index >= 15 is 0 Å². The van der Waals surface area contributed by atoms with E-state index < -0.39 is 0 Å². The molecule has 1 aliphatic rings. The SMILES string of the molecule is COc1ccc(N2CCN(C(=O)CCc3nnc4n(Cc5ccccc5Cl)c(=O)c5ccccc5n34)CC2)cc1. The minimum atomic E-state index is -0.159. The van der Waals surface area contributed by atoms with Crippen LogP contribution < -0.4 is 15.2 Å². The van der Waals surface area contributed by atoms with Crippen LogP contribution in [-0.4, -0.2) is 63.3 Å². The van der Waals surface area contributed by atoms with Crippen LogP contribution in [0.2, 0.25) is 5.02 Å². The Kier molecular flexibility index (Phi) is 7.13. The quantitative estimate of drug-likeness (QED) is 0.301. The minimum absolute atomic E-state index is 0.0832. The molecular weight excluding hydrogens is 528 g/mol. The van der Waals surface area contributed by atoms with Gasteiger partial charge in [0.1, 0.15) is 11.6 Å². The Hall–Kier alpha value is -4.37. The number of ether oxygens (including phenoxy) is 1. The smallest absolute Gasteiger partial charge is 0.263 e. The van der Waals surface area contributed by atoms with Crippen molar-refractivity contribution in [2.45, 2.75) is 19.4 Å². The number of benzene rings is 3. The van der Waals surface area contributed by atoms with Crippen LogP contribution in [0.1, 0.15) is 17.8 Å². The van der Waals surface area contributed by atoms with E-state index in [1.54, 1.807) is 23.8 Å². The number of para-hydroxylation sites is 1. The Labute approximate surface area is 236 Å². The number of piperazine rings is 1. The van der Waals surface area contributed by atoms with Gasteiger partial charge in [-0.2, -0.15) is 0 Å². The van der Waals surface area contributed by atoms with E-state index in [0.717, 1.165) is 35.6 Å². The van der Waals surface area contributed by atoms with Gasteiger partial charge in [-0.25, -0.2) is 0 Å². The van der Waals surface area contributed by atoms with Crippen molar-refractivity contribution in [1.29, 1.82) is 0 Å². The number of hydrogen-bond acceptors (Lipinski definition) is 6. The molecule has 0 saturated carbocycles. The fourth-order valence-corrected chi connectivity index (χ4v) is 5.50. The van der Waals surface area contributed by atoms with Gasteiger partial charge in [-0.1, -0.05) is 41.9 Å². The Morgan fingerprint density at radius 1 is 0.925 bits per heavy atom. The molecule has 0 spiro atoms. The first-order valence-corrected chi connectivity index (χ1v) is 13.7. The summed E-state index contributed by atoms with van der Waals surface area (Å²) in [5, 5.41) is 9.96. The van der Waals surface area contributed by atoms with E-state index in [2.05, 4.69) is 15.1 Å². The maximum absolute atomic E-state index is 13.5. The number of hydrogen-bond donors (Lipinski definition) is 0. The van der Waals surface area contributed by atoms with Crippen LogP contribution in [-0.2, 0) is 17.8 Å². The molecule has 1 fully saturated rings. The van der Waals surface area contributed by atoms with Gasteiger partial charge in [-0.15, -0.1) is 10.2 Å². The Morgan fingerprint density at radius 3 is 2.40 bits per heavy atom. The Balaban J connectivity index is 1.21. The summed E-state index contributed by atoms with van der Waals surface area (Å²) in [5.41, 5.74) is 2.50. The summed E-state index contributed by atoms with van der Waals surface area (Å²) in [6.45, 7) is 3.12. The third kappa shape index (κ3) is 4.88. The van der Waals surface area contributed by atoms with Gasteiger partial charge in [0, 0.05) is 49.7 Å². The minimum Gasteiger partial charge on any atom is -0.497 e. The molecule has 40 heavy (non-hydrogen) atoms. The molecule has 1 amide bonds. The second kappa shape index (κ2) is 11.0. The largest absolute Gasteiger partial charge is 0.497 e. The normalized spacial score (nSPS) is 13.8. The first-order valence-electron chi connectivity index (χ1n) is 13.3. The number of aromatic nitrogens is 4. The molecule has 0 radical (unpaired) electrons. The van der Waals surface area contributed by atoms with Gasteiger partial charge in [0.25, 0.3) is 5.56 Å². The second-order valence-electron chi connectivity index (χ2n) is 9.82. The van der Waals surface area contributed by atoms with Crippen molar-refractivity contribution in [1.82, 2.24) is 24.1 Å². The van der Waals surface area contributed by atoms with Gasteiger partial charge >= 0.3 is 0 Å². The highest BCUT2D eigenvalue weighted by atomic mass is 35.5. The summed E-state index contributed by atoms with van der Waals surface area (Å²) >= 11 is 6.41. The fourth-order valence-electron chi connectivity index (χ4n) is 5.30. The van der Waals surface area contributed by atoms with Crippen molar-refractivity contribution in [3.8, 4) is 5.75 Å². The van der Waals surface area contributed by atoms with Gasteiger partial charge in [0.2, 0.25) is 11.7 Å². The topological polar surface area (TPSA) is 85.0 Å². The molecule has 3 heterocycles. The van der Waals surface area contributed by atoms with Crippen LogP contribution in [0.3, 0.4) is 0 Å². The van der Waals surface area contributed by atoms with E-state index in [4.69, 9.17) is 16.3 Å². The van der Waals surface area contributed by atoms with E-state index in [1.165, 1.54) is 0 Å². The molecule has 3 aromatic carbocycles. The molecular formula is C30H29ClN6O3. The number of amides is 1. The summed E-state index contributed by atoms with van der Waals surface area (Å²) in [4.78, 5) is 30.8. The number of carbonyl (C=O) groups excluding carboxylic acids is 1. The van der Waals surface area contributed by atoms with Crippen LogP contribution in [0, 0.1) is 0 Å². The van der Waals surface area contributed by atoms with Crippen molar-refractivity contribution >= 4 is 39.9 Å². The number of anilines is 1. The lowest BCUT2D eigenvalue weighted by atomic mass is 10.2. The highest BCUT2D eigenvalue weighted by Gasteiger charge is 2.23. The highest BCUT2D eigenvalue weighted by molar-refractivity contribution is 6.31. The van der Waals surface area contributed by atoms with Gasteiger partial charge in [0.05, 0.1) is 24.6 Å². The third-order valence-electron chi connectivity index (χ3n) is 7.49. The molecule has 0 N–H and O–H groups in total. The predicted molar refractivity (Wildman–Crippen MR) is 155 cm³/mol. The molecule has 6 rings (SSSR count). The van der Waals surface area contributed by atoms with E-state index in [9.17, 15) is 9.59 Å². The molecule has 0 atom stereocenters. The summed E-state index contributed by atoms with van der Waals surface area (Å²) < 4.78 is 8.74. The zero-order chi connectivity index (χ0) is 27.6. The Bertz CT molecular complexity index is 1740. The lowest BCUT2D eigenvalue weighted by molar-refractivity contribution is -0.131. The van der Waals surface area contributed by atoms with Crippen LogP contribution in [0.4, 0.5) is 5.69 Å². The maximum atomic E-state index is 13.5. The van der Waals surface area contributed by atoms with Crippen LogP contribution in [0.15, 0.2) is 77.6 Å². The number of methoxy groups -OCH3 is 1. The van der Waals surface area contributed by atoms with Crippen LogP contribution in [0.5, 0.6) is 5.75 Å². The summed E-state index contributed by atoms with van der Waals surface area (Å²) in [6.07, 6.45) is 0.717. The van der Waals surface area contributed by atoms with E-state index in [0.29, 0.717) is 47.9 Å². The molecule has 1 aliphatic heterocycles. The summed E-state index contributed by atoms with van der Waals surface area (Å²) in [7, 11) is 1.66. The average molecular weight is 557 g/mol. The number of halogens is 1. The molecule has 1 saturated heterocycles. The number of aryl methyl sites for hydroxylation is 1. The molecule has 0 aliphatic carbocycles. The molecule has 0 unspecified atom stereocenters. The van der Waals surface area contributed by atoms with Crippen molar-refractivity contribution in [3.05, 3.63) is 99.6 Å². The molecule has 9 nitrogen and oxygen atoms in total. The molecule has 2 aromatic heterocycles. The zero-order valence-electron chi connectivity index (χ0n) is 22.2. The van der Waals surface area contributed by atoms with Crippen molar-refractivity contribution in [3.63, 3.8) is 0 Å². The van der Waals surface area contributed by atoms with Gasteiger partial charge in [-0.05, 0) is 48.0 Å². The van der Waals surface area contributed by atoms with Gasteiger partial charge < -0.3 is 14.5 Å². The molecule has 5 aromatic rings. The second-order valence-corrected chi connectivity index (χ2v) is 10.2. The summed E-state index contributed by atoms with van der Waals surface area (Å²) in [6, 6.07) is 22.9. The standard InChI is InChI=1S/C30H29ClN6O3/c1-40-23-12-10-22(11-13-23)34-16-18-35(19-17-34)28(38)15-14-27-32-33-30-36(20-21-6-2-4-8-25(21)31)29(39)24-7-3-5-9-26(24)37(27)30/h2-13H,14-20H2,1H3. The molecule has 0 bridgehead atoms. The zero-order valence-corrected chi connectivity index (χ0v) is 22.9. The molecule has 10 heteroatoms. The fraction of sp³-hybridized carbons (Fsp3) is 0.267. The van der Waals surface area contributed by atoms with Crippen molar-refractivity contribution in [2.24, 2.45) is 0 Å². The lowest BCUT2D eigenvalue weighted by Gasteiger charge is -2.36. The van der Waals surface area contributed by atoms with Gasteiger partial charge in [0.15, 0.2) is 0 Å². The van der Waals surface area contributed by atoms with Crippen molar-refractivity contribution < 1.29 is 9.53 Å². The van der Waals surface area contributed by atoms with Crippen LogP contribution in [0.25, 0.3) is 16.7 Å². The maximum Gasteiger partial charge on any atom is 0.263 e. The average Bonchev–Trinajstić information content (AvgIpc) is 3.43. The Morgan fingerprint density at radius 2 is 1.65 bits per heavy atom. The number of rotatable bonds is 7. The van der Waals surface area contributed by atoms with E-state index in [-0.39, 0.29) is 18.0 Å². The van der Waals surface area contributed by atoms with Crippen LogP contribution >= 0.6 is 11.6 Å². The number of carbonyl (C=O) groups is 1.